The average molecular weight is 296 g/mol. The summed E-state index contributed by atoms with van der Waals surface area (Å²) in [6.45, 7) is 6.56. The van der Waals surface area contributed by atoms with E-state index in [0.29, 0.717) is 12.0 Å². The minimum absolute atomic E-state index is 0.138. The van der Waals surface area contributed by atoms with Gasteiger partial charge in [0.25, 0.3) is 0 Å². The molecular formula is C16H28N2O3. The molecule has 5 heteroatoms. The molecule has 2 amide bonds. The first-order valence-corrected chi connectivity index (χ1v) is 8.30. The summed E-state index contributed by atoms with van der Waals surface area (Å²) < 4.78 is 0. The van der Waals surface area contributed by atoms with Crippen LogP contribution in [0, 0.1) is 11.8 Å². The van der Waals surface area contributed by atoms with Crippen molar-refractivity contribution < 1.29 is 14.7 Å². The van der Waals surface area contributed by atoms with Crippen LogP contribution in [-0.2, 0) is 4.79 Å². The molecule has 21 heavy (non-hydrogen) atoms. The molecule has 0 aliphatic carbocycles. The summed E-state index contributed by atoms with van der Waals surface area (Å²) in [4.78, 5) is 27.6. The van der Waals surface area contributed by atoms with Crippen LogP contribution in [0.3, 0.4) is 0 Å². The zero-order chi connectivity index (χ0) is 15.4. The third-order valence-electron chi connectivity index (χ3n) is 5.12. The minimum Gasteiger partial charge on any atom is -0.481 e. The molecule has 2 heterocycles. The molecule has 0 radical (unpaired) electrons. The number of carbonyl (C=O) groups is 2. The van der Waals surface area contributed by atoms with Crippen molar-refractivity contribution in [1.82, 2.24) is 9.80 Å². The topological polar surface area (TPSA) is 60.9 Å². The van der Waals surface area contributed by atoms with Crippen molar-refractivity contribution in [3.63, 3.8) is 0 Å². The van der Waals surface area contributed by atoms with Gasteiger partial charge in [-0.1, -0.05) is 13.8 Å². The van der Waals surface area contributed by atoms with E-state index in [-0.39, 0.29) is 18.4 Å². The third kappa shape index (κ3) is 3.89. The fourth-order valence-electron chi connectivity index (χ4n) is 3.78. The van der Waals surface area contributed by atoms with E-state index >= 15 is 0 Å². The van der Waals surface area contributed by atoms with E-state index in [1.54, 1.807) is 0 Å². The molecule has 0 aromatic heterocycles. The molecule has 0 spiro atoms. The van der Waals surface area contributed by atoms with Crippen LogP contribution in [0.4, 0.5) is 4.79 Å². The number of urea groups is 1. The number of likely N-dealkylation sites (tertiary alicyclic amines) is 2. The molecule has 2 fully saturated rings. The molecule has 120 valence electrons. The van der Waals surface area contributed by atoms with Crippen LogP contribution in [0.1, 0.15) is 52.4 Å². The number of amides is 2. The second kappa shape index (κ2) is 7.14. The molecule has 2 aliphatic rings. The lowest BCUT2D eigenvalue weighted by atomic mass is 9.85. The van der Waals surface area contributed by atoms with Gasteiger partial charge in [0.2, 0.25) is 0 Å². The van der Waals surface area contributed by atoms with E-state index in [0.717, 1.165) is 51.7 Å². The van der Waals surface area contributed by atoms with Gasteiger partial charge in [-0.05, 0) is 43.9 Å². The highest BCUT2D eigenvalue weighted by Crippen LogP contribution is 2.28. The monoisotopic (exact) mass is 296 g/mol. The quantitative estimate of drug-likeness (QED) is 0.867. The van der Waals surface area contributed by atoms with Crippen molar-refractivity contribution in [2.45, 2.75) is 58.4 Å². The predicted octanol–water partition coefficient (Wildman–Crippen LogP) is 2.80. The Bertz CT molecular complexity index is 386. The largest absolute Gasteiger partial charge is 0.481 e. The van der Waals surface area contributed by atoms with Gasteiger partial charge in [-0.3, -0.25) is 4.79 Å². The Morgan fingerprint density at radius 1 is 1.24 bits per heavy atom. The normalized spacial score (nSPS) is 27.7. The Balaban J connectivity index is 1.94. The van der Waals surface area contributed by atoms with Gasteiger partial charge in [0.15, 0.2) is 0 Å². The van der Waals surface area contributed by atoms with Crippen molar-refractivity contribution in [1.29, 1.82) is 0 Å². The molecule has 3 atom stereocenters. The molecule has 2 saturated heterocycles. The van der Waals surface area contributed by atoms with Crippen molar-refractivity contribution in [3.8, 4) is 0 Å². The van der Waals surface area contributed by atoms with E-state index in [2.05, 4.69) is 6.92 Å². The molecule has 3 unspecified atom stereocenters. The smallest absolute Gasteiger partial charge is 0.320 e. The first-order valence-electron chi connectivity index (χ1n) is 8.30. The maximum Gasteiger partial charge on any atom is 0.320 e. The van der Waals surface area contributed by atoms with E-state index in [1.807, 2.05) is 16.7 Å². The molecule has 0 bridgehead atoms. The van der Waals surface area contributed by atoms with Gasteiger partial charge < -0.3 is 14.9 Å². The molecule has 1 N–H and O–H groups in total. The summed E-state index contributed by atoms with van der Waals surface area (Å²) in [6.07, 6.45) is 5.48. The average Bonchev–Trinajstić information content (AvgIpc) is 2.94. The number of carboxylic acid groups (broad SMARTS) is 1. The van der Waals surface area contributed by atoms with Gasteiger partial charge in [-0.2, -0.15) is 0 Å². The Hall–Kier alpha value is -1.26. The fraction of sp³-hybridized carbons (Fsp3) is 0.875. The maximum absolute atomic E-state index is 12.7. The minimum atomic E-state index is -0.739. The van der Waals surface area contributed by atoms with E-state index in [1.165, 1.54) is 0 Å². The number of carboxylic acids is 1. The van der Waals surface area contributed by atoms with Crippen molar-refractivity contribution in [3.05, 3.63) is 0 Å². The molecule has 0 aromatic carbocycles. The number of nitrogens with zero attached hydrogens (tertiary/aromatic N) is 2. The number of hydrogen-bond donors (Lipinski definition) is 1. The molecular weight excluding hydrogens is 268 g/mol. The zero-order valence-electron chi connectivity index (χ0n) is 13.3. The van der Waals surface area contributed by atoms with Crippen LogP contribution in [0.25, 0.3) is 0 Å². The highest BCUT2D eigenvalue weighted by atomic mass is 16.4. The lowest BCUT2D eigenvalue weighted by Gasteiger charge is -2.38. The molecule has 0 saturated carbocycles. The van der Waals surface area contributed by atoms with Gasteiger partial charge >= 0.3 is 12.0 Å². The maximum atomic E-state index is 12.7. The van der Waals surface area contributed by atoms with Gasteiger partial charge in [0.1, 0.15) is 0 Å². The fourth-order valence-corrected chi connectivity index (χ4v) is 3.78. The number of piperidine rings is 1. The molecule has 0 aromatic rings. The Morgan fingerprint density at radius 3 is 2.62 bits per heavy atom. The van der Waals surface area contributed by atoms with Crippen molar-refractivity contribution in [2.24, 2.45) is 11.8 Å². The predicted molar refractivity (Wildman–Crippen MR) is 81.1 cm³/mol. The Kier molecular flexibility index (Phi) is 5.48. The van der Waals surface area contributed by atoms with Crippen LogP contribution in [-0.4, -0.2) is 52.6 Å². The summed E-state index contributed by atoms with van der Waals surface area (Å²) in [5, 5.41) is 8.94. The van der Waals surface area contributed by atoms with Crippen LogP contribution in [0.5, 0.6) is 0 Å². The number of aliphatic carboxylic acids is 1. The second-order valence-corrected chi connectivity index (χ2v) is 6.60. The van der Waals surface area contributed by atoms with E-state index < -0.39 is 5.97 Å². The van der Waals surface area contributed by atoms with Gasteiger partial charge in [0, 0.05) is 32.1 Å². The van der Waals surface area contributed by atoms with E-state index in [9.17, 15) is 9.59 Å². The standard InChI is InChI=1S/C16H28N2O3/c1-3-14-7-5-9-18(14)16(21)17-8-4-6-13(11-17)12(2)10-15(19)20/h12-14H,3-11H2,1-2H3,(H,19,20). The summed E-state index contributed by atoms with van der Waals surface area (Å²) in [6, 6.07) is 0.570. The van der Waals surface area contributed by atoms with Crippen LogP contribution >= 0.6 is 0 Å². The number of rotatable bonds is 4. The first kappa shape index (κ1) is 16.1. The lowest BCUT2D eigenvalue weighted by Crippen LogP contribution is -2.49. The van der Waals surface area contributed by atoms with Gasteiger partial charge in [-0.15, -0.1) is 0 Å². The first-order chi connectivity index (χ1) is 10.0. The molecule has 2 aliphatic heterocycles. The lowest BCUT2D eigenvalue weighted by molar-refractivity contribution is -0.138. The highest BCUT2D eigenvalue weighted by Gasteiger charge is 2.34. The Labute approximate surface area is 127 Å². The highest BCUT2D eigenvalue weighted by molar-refractivity contribution is 5.75. The molecule has 5 nitrogen and oxygen atoms in total. The number of carbonyl (C=O) groups excluding carboxylic acids is 1. The zero-order valence-corrected chi connectivity index (χ0v) is 13.3. The Morgan fingerprint density at radius 2 is 1.95 bits per heavy atom. The third-order valence-corrected chi connectivity index (χ3v) is 5.12. The van der Waals surface area contributed by atoms with Gasteiger partial charge in [-0.25, -0.2) is 4.79 Å². The van der Waals surface area contributed by atoms with Gasteiger partial charge in [0.05, 0.1) is 0 Å². The summed E-state index contributed by atoms with van der Waals surface area (Å²) in [5.41, 5.74) is 0. The van der Waals surface area contributed by atoms with Crippen LogP contribution in [0.15, 0.2) is 0 Å². The summed E-state index contributed by atoms with van der Waals surface area (Å²) >= 11 is 0. The van der Waals surface area contributed by atoms with Crippen LogP contribution in [0.2, 0.25) is 0 Å². The SMILES string of the molecule is CCC1CCCN1C(=O)N1CCCC(C(C)CC(=O)O)C1. The van der Waals surface area contributed by atoms with E-state index in [4.69, 9.17) is 5.11 Å². The second-order valence-electron chi connectivity index (χ2n) is 6.60. The summed E-state index contributed by atoms with van der Waals surface area (Å²) in [7, 11) is 0. The van der Waals surface area contributed by atoms with Crippen LogP contribution < -0.4 is 0 Å². The molecule has 2 rings (SSSR count). The number of hydrogen-bond acceptors (Lipinski definition) is 2. The van der Waals surface area contributed by atoms with Crippen molar-refractivity contribution in [2.75, 3.05) is 19.6 Å². The van der Waals surface area contributed by atoms with Crippen molar-refractivity contribution >= 4 is 12.0 Å². The summed E-state index contributed by atoms with van der Waals surface area (Å²) in [5.74, 6) is -0.281.